The molecule has 100 valence electrons. The lowest BCUT2D eigenvalue weighted by Gasteiger charge is -2.15. The Labute approximate surface area is 117 Å². The van der Waals surface area contributed by atoms with E-state index in [9.17, 15) is 0 Å². The third-order valence-corrected chi connectivity index (χ3v) is 4.07. The molecule has 2 N–H and O–H groups in total. The van der Waals surface area contributed by atoms with Gasteiger partial charge in [-0.3, -0.25) is 4.98 Å². The van der Waals surface area contributed by atoms with E-state index in [0.717, 1.165) is 35.1 Å². The molecule has 0 fully saturated rings. The Morgan fingerprint density at radius 1 is 1.05 bits per heavy atom. The number of aryl methyl sites for hydroxylation is 1. The molecule has 0 atom stereocenters. The summed E-state index contributed by atoms with van der Waals surface area (Å²) in [6.45, 7) is 0. The molecule has 4 nitrogen and oxygen atoms in total. The minimum atomic E-state index is 0.721. The zero-order valence-corrected chi connectivity index (χ0v) is 11.2. The molecule has 3 aromatic rings. The van der Waals surface area contributed by atoms with Crippen LogP contribution in [0.1, 0.15) is 24.2 Å². The Hall–Kier alpha value is -2.36. The number of aromatic nitrogens is 3. The average molecular weight is 264 g/mol. The topological polar surface area (TPSA) is 56.7 Å². The van der Waals surface area contributed by atoms with Gasteiger partial charge in [-0.05, 0) is 37.8 Å². The van der Waals surface area contributed by atoms with Crippen LogP contribution in [0.15, 0.2) is 36.8 Å². The van der Waals surface area contributed by atoms with Crippen molar-refractivity contribution in [3.05, 3.63) is 48.2 Å². The molecule has 0 aliphatic heterocycles. The minimum absolute atomic E-state index is 0.721. The lowest BCUT2D eigenvalue weighted by Crippen LogP contribution is -2.07. The number of benzene rings is 1. The molecule has 4 rings (SSSR count). The van der Waals surface area contributed by atoms with Crippen LogP contribution in [-0.4, -0.2) is 14.5 Å². The standard InChI is InChI=1S/C16H16N4/c17-12-5-3-4-11-14(8-9-18-16(11)12)20-10-19-13-6-1-2-7-15(13)20/h3-5,8-10H,1-2,6-7,17H2. The van der Waals surface area contributed by atoms with Gasteiger partial charge in [0.15, 0.2) is 0 Å². The van der Waals surface area contributed by atoms with Crippen LogP contribution in [0.3, 0.4) is 0 Å². The van der Waals surface area contributed by atoms with Crippen LogP contribution in [0.2, 0.25) is 0 Å². The molecule has 1 aromatic carbocycles. The van der Waals surface area contributed by atoms with Gasteiger partial charge < -0.3 is 10.3 Å². The Kier molecular flexibility index (Phi) is 2.49. The van der Waals surface area contributed by atoms with Crippen molar-refractivity contribution in [2.45, 2.75) is 25.7 Å². The quantitative estimate of drug-likeness (QED) is 0.687. The molecule has 0 radical (unpaired) electrons. The number of imidazole rings is 1. The molecule has 0 saturated carbocycles. The van der Waals surface area contributed by atoms with Crippen LogP contribution in [0.4, 0.5) is 5.69 Å². The van der Waals surface area contributed by atoms with Crippen molar-refractivity contribution in [1.82, 2.24) is 14.5 Å². The van der Waals surface area contributed by atoms with E-state index in [0.29, 0.717) is 0 Å². The first-order valence-corrected chi connectivity index (χ1v) is 7.03. The summed E-state index contributed by atoms with van der Waals surface area (Å²) >= 11 is 0. The summed E-state index contributed by atoms with van der Waals surface area (Å²) in [5.74, 6) is 0. The highest BCUT2D eigenvalue weighted by Gasteiger charge is 2.17. The molecule has 0 bridgehead atoms. The number of anilines is 1. The maximum absolute atomic E-state index is 6.03. The van der Waals surface area contributed by atoms with Gasteiger partial charge in [-0.1, -0.05) is 12.1 Å². The number of hydrogen-bond acceptors (Lipinski definition) is 3. The van der Waals surface area contributed by atoms with Gasteiger partial charge in [-0.25, -0.2) is 4.98 Å². The fraction of sp³-hybridized carbons (Fsp3) is 0.250. The normalized spacial score (nSPS) is 14.4. The van der Waals surface area contributed by atoms with E-state index in [2.05, 4.69) is 20.6 Å². The van der Waals surface area contributed by atoms with Crippen molar-refractivity contribution in [2.75, 3.05) is 5.73 Å². The fourth-order valence-electron chi connectivity index (χ4n) is 3.07. The molecule has 4 heteroatoms. The minimum Gasteiger partial charge on any atom is -0.397 e. The van der Waals surface area contributed by atoms with Crippen molar-refractivity contribution in [3.63, 3.8) is 0 Å². The highest BCUT2D eigenvalue weighted by Crippen LogP contribution is 2.28. The van der Waals surface area contributed by atoms with Gasteiger partial charge >= 0.3 is 0 Å². The first kappa shape index (κ1) is 11.5. The van der Waals surface area contributed by atoms with E-state index in [1.807, 2.05) is 30.7 Å². The molecular formula is C16H16N4. The van der Waals surface area contributed by atoms with Crippen LogP contribution in [-0.2, 0) is 12.8 Å². The van der Waals surface area contributed by atoms with E-state index >= 15 is 0 Å². The monoisotopic (exact) mass is 264 g/mol. The molecular weight excluding hydrogens is 248 g/mol. The number of fused-ring (bicyclic) bond motifs is 2. The van der Waals surface area contributed by atoms with Gasteiger partial charge in [-0.2, -0.15) is 0 Å². The highest BCUT2D eigenvalue weighted by atomic mass is 15.1. The SMILES string of the molecule is Nc1cccc2c(-n3cnc4c3CCCC4)ccnc12. The predicted molar refractivity (Wildman–Crippen MR) is 79.9 cm³/mol. The number of nitrogens with zero attached hydrogens (tertiary/aromatic N) is 3. The van der Waals surface area contributed by atoms with Gasteiger partial charge in [0.25, 0.3) is 0 Å². The molecule has 2 aromatic heterocycles. The number of nitrogens with two attached hydrogens (primary N) is 1. The third-order valence-electron chi connectivity index (χ3n) is 4.07. The van der Waals surface area contributed by atoms with Gasteiger partial charge in [0.1, 0.15) is 0 Å². The number of rotatable bonds is 1. The van der Waals surface area contributed by atoms with Crippen molar-refractivity contribution in [3.8, 4) is 5.69 Å². The Bertz CT molecular complexity index is 788. The molecule has 0 unspecified atom stereocenters. The largest absolute Gasteiger partial charge is 0.397 e. The lowest BCUT2D eigenvalue weighted by molar-refractivity contribution is 0.656. The second-order valence-electron chi connectivity index (χ2n) is 5.29. The van der Waals surface area contributed by atoms with E-state index < -0.39 is 0 Å². The van der Waals surface area contributed by atoms with Gasteiger partial charge in [0.05, 0.1) is 28.9 Å². The summed E-state index contributed by atoms with van der Waals surface area (Å²) in [5, 5.41) is 1.08. The Balaban J connectivity index is 1.99. The number of hydrogen-bond donors (Lipinski definition) is 1. The second-order valence-corrected chi connectivity index (χ2v) is 5.29. The van der Waals surface area contributed by atoms with Crippen LogP contribution in [0.5, 0.6) is 0 Å². The summed E-state index contributed by atoms with van der Waals surface area (Å²) in [6.07, 6.45) is 8.43. The van der Waals surface area contributed by atoms with E-state index in [4.69, 9.17) is 5.73 Å². The average Bonchev–Trinajstić information content (AvgIpc) is 2.91. The predicted octanol–water partition coefficient (Wildman–Crippen LogP) is 2.88. The van der Waals surface area contributed by atoms with Crippen molar-refractivity contribution in [1.29, 1.82) is 0 Å². The van der Waals surface area contributed by atoms with Crippen LogP contribution in [0, 0.1) is 0 Å². The molecule has 0 spiro atoms. The van der Waals surface area contributed by atoms with Crippen molar-refractivity contribution < 1.29 is 0 Å². The van der Waals surface area contributed by atoms with Crippen LogP contribution >= 0.6 is 0 Å². The molecule has 1 aliphatic rings. The molecule has 2 heterocycles. The zero-order chi connectivity index (χ0) is 13.5. The summed E-state index contributed by atoms with van der Waals surface area (Å²) in [4.78, 5) is 8.98. The van der Waals surface area contributed by atoms with Crippen LogP contribution in [0.25, 0.3) is 16.6 Å². The second kappa shape index (κ2) is 4.34. The maximum atomic E-state index is 6.03. The van der Waals surface area contributed by atoms with E-state index in [1.54, 1.807) is 0 Å². The molecule has 1 aliphatic carbocycles. The summed E-state index contributed by atoms with van der Waals surface area (Å²) in [6, 6.07) is 7.98. The zero-order valence-electron chi connectivity index (χ0n) is 11.2. The van der Waals surface area contributed by atoms with Crippen LogP contribution < -0.4 is 5.73 Å². The van der Waals surface area contributed by atoms with Crippen molar-refractivity contribution >= 4 is 16.6 Å². The number of nitrogen functional groups attached to an aromatic ring is 1. The smallest absolute Gasteiger partial charge is 0.0997 e. The third kappa shape index (κ3) is 1.61. The summed E-state index contributed by atoms with van der Waals surface area (Å²) < 4.78 is 2.21. The highest BCUT2D eigenvalue weighted by molar-refractivity contribution is 5.94. The number of pyridine rings is 1. The fourth-order valence-corrected chi connectivity index (χ4v) is 3.07. The Morgan fingerprint density at radius 2 is 1.95 bits per heavy atom. The van der Waals surface area contributed by atoms with Crippen molar-refractivity contribution in [2.24, 2.45) is 0 Å². The molecule has 0 saturated heterocycles. The molecule has 20 heavy (non-hydrogen) atoms. The summed E-state index contributed by atoms with van der Waals surface area (Å²) in [7, 11) is 0. The summed E-state index contributed by atoms with van der Waals surface area (Å²) in [5.41, 5.74) is 11.3. The van der Waals surface area contributed by atoms with E-state index in [-0.39, 0.29) is 0 Å². The molecule has 0 amide bonds. The first-order valence-electron chi connectivity index (χ1n) is 7.03. The van der Waals surface area contributed by atoms with Gasteiger partial charge in [0, 0.05) is 17.3 Å². The van der Waals surface area contributed by atoms with E-state index in [1.165, 1.54) is 24.2 Å². The first-order chi connectivity index (χ1) is 9.84. The number of para-hydroxylation sites is 1. The Morgan fingerprint density at radius 3 is 2.90 bits per heavy atom. The maximum Gasteiger partial charge on any atom is 0.0997 e. The van der Waals surface area contributed by atoms with Gasteiger partial charge in [0.2, 0.25) is 0 Å². The van der Waals surface area contributed by atoms with Gasteiger partial charge in [-0.15, -0.1) is 0 Å². The lowest BCUT2D eigenvalue weighted by atomic mass is 10.0.